The van der Waals surface area contributed by atoms with Crippen molar-refractivity contribution in [2.24, 2.45) is 0 Å². The van der Waals surface area contributed by atoms with Gasteiger partial charge < -0.3 is 29.5 Å². The second-order valence-electron chi connectivity index (χ2n) is 8.00. The fourth-order valence-corrected chi connectivity index (χ4v) is 4.42. The molecule has 2 N–H and O–H groups in total. The molecule has 1 aromatic carbocycles. The van der Waals surface area contributed by atoms with Gasteiger partial charge in [-0.25, -0.2) is 0 Å². The zero-order valence-electron chi connectivity index (χ0n) is 17.0. The van der Waals surface area contributed by atoms with Crippen LogP contribution in [0.5, 0.6) is 5.75 Å². The fraction of sp³-hybridized carbons (Fsp3) is 0.650. The number of aliphatic hydroxyl groups is 1. The smallest absolute Gasteiger partial charge is 0.406 e. The van der Waals surface area contributed by atoms with E-state index < -0.39 is 24.8 Å². The van der Waals surface area contributed by atoms with E-state index in [0.29, 0.717) is 39.3 Å². The summed E-state index contributed by atoms with van der Waals surface area (Å²) >= 11 is 0. The van der Waals surface area contributed by atoms with Crippen LogP contribution in [0.15, 0.2) is 24.3 Å². The highest BCUT2D eigenvalue weighted by Crippen LogP contribution is 2.32. The summed E-state index contributed by atoms with van der Waals surface area (Å²) in [6, 6.07) is 4.82. The first-order valence-corrected chi connectivity index (χ1v) is 10.2. The molecular formula is C20H26F3N3O5. The Morgan fingerprint density at radius 3 is 2.52 bits per heavy atom. The van der Waals surface area contributed by atoms with E-state index in [1.807, 2.05) is 0 Å². The molecule has 0 aliphatic carbocycles. The van der Waals surface area contributed by atoms with Gasteiger partial charge >= 0.3 is 6.36 Å². The molecule has 0 saturated carbocycles. The molecule has 0 aromatic heterocycles. The summed E-state index contributed by atoms with van der Waals surface area (Å²) in [5, 5.41) is 14.4. The molecule has 0 radical (unpaired) electrons. The first-order chi connectivity index (χ1) is 14.7. The number of hydrogen-bond donors (Lipinski definition) is 2. The SMILES string of the molecule is CC(=O)N1CCN([C@H]2[C@@H]3OC[C@@H](O3)[C@@H](NCc3ccc(OC(F)(F)F)cc3)[C@@H]2O)CC1. The summed E-state index contributed by atoms with van der Waals surface area (Å²) in [6.45, 7) is 4.62. The Kier molecular flexibility index (Phi) is 6.40. The van der Waals surface area contributed by atoms with Gasteiger partial charge in [-0.15, -0.1) is 13.2 Å². The Labute approximate surface area is 177 Å². The van der Waals surface area contributed by atoms with Gasteiger partial charge in [-0.3, -0.25) is 9.69 Å². The lowest BCUT2D eigenvalue weighted by Crippen LogP contribution is -2.66. The molecule has 4 rings (SSSR count). The average Bonchev–Trinajstić information content (AvgIpc) is 3.13. The number of hydrogen-bond acceptors (Lipinski definition) is 7. The van der Waals surface area contributed by atoms with Crippen LogP contribution < -0.4 is 10.1 Å². The minimum Gasteiger partial charge on any atom is -0.406 e. The predicted octanol–water partition coefficient (Wildman–Crippen LogP) is 0.692. The second-order valence-corrected chi connectivity index (χ2v) is 8.00. The summed E-state index contributed by atoms with van der Waals surface area (Å²) in [5.41, 5.74) is 0.745. The molecule has 1 aromatic rings. The molecule has 3 heterocycles. The first-order valence-electron chi connectivity index (χ1n) is 10.2. The van der Waals surface area contributed by atoms with E-state index in [4.69, 9.17) is 9.47 Å². The van der Waals surface area contributed by atoms with Gasteiger partial charge in [0, 0.05) is 39.6 Å². The van der Waals surface area contributed by atoms with E-state index in [9.17, 15) is 23.1 Å². The number of carbonyl (C=O) groups is 1. The van der Waals surface area contributed by atoms with Crippen LogP contribution in [0.1, 0.15) is 12.5 Å². The van der Waals surface area contributed by atoms with Crippen LogP contribution in [0, 0.1) is 0 Å². The van der Waals surface area contributed by atoms with Crippen LogP contribution in [0.4, 0.5) is 13.2 Å². The van der Waals surface area contributed by atoms with Crippen LogP contribution in [0.25, 0.3) is 0 Å². The number of rotatable bonds is 5. The van der Waals surface area contributed by atoms with Gasteiger partial charge in [-0.1, -0.05) is 12.1 Å². The highest BCUT2D eigenvalue weighted by Gasteiger charge is 2.52. The van der Waals surface area contributed by atoms with Gasteiger partial charge in [-0.2, -0.15) is 0 Å². The Balaban J connectivity index is 1.37. The van der Waals surface area contributed by atoms with Crippen LogP contribution in [-0.4, -0.2) is 90.5 Å². The number of amides is 1. The fourth-order valence-electron chi connectivity index (χ4n) is 4.42. The normalized spacial score (nSPS) is 31.6. The first kappa shape index (κ1) is 22.3. The third-order valence-electron chi connectivity index (χ3n) is 6.01. The van der Waals surface area contributed by atoms with Crippen molar-refractivity contribution in [3.05, 3.63) is 29.8 Å². The highest BCUT2D eigenvalue weighted by molar-refractivity contribution is 5.73. The van der Waals surface area contributed by atoms with Crippen molar-refractivity contribution in [3.8, 4) is 5.75 Å². The van der Waals surface area contributed by atoms with Crippen molar-refractivity contribution in [2.75, 3.05) is 32.8 Å². The molecule has 3 aliphatic rings. The third kappa shape index (κ3) is 5.12. The number of ether oxygens (including phenoxy) is 3. The lowest BCUT2D eigenvalue weighted by molar-refractivity contribution is -0.274. The highest BCUT2D eigenvalue weighted by atomic mass is 19.4. The molecule has 2 bridgehead atoms. The molecule has 5 atom stereocenters. The zero-order valence-corrected chi connectivity index (χ0v) is 17.0. The Morgan fingerprint density at radius 1 is 1.23 bits per heavy atom. The quantitative estimate of drug-likeness (QED) is 0.690. The molecule has 3 fully saturated rings. The van der Waals surface area contributed by atoms with Crippen molar-refractivity contribution in [1.29, 1.82) is 0 Å². The predicted molar refractivity (Wildman–Crippen MR) is 102 cm³/mol. The molecule has 172 valence electrons. The molecular weight excluding hydrogens is 419 g/mol. The van der Waals surface area contributed by atoms with Crippen molar-refractivity contribution in [3.63, 3.8) is 0 Å². The number of halogens is 3. The lowest BCUT2D eigenvalue weighted by atomic mass is 9.94. The van der Waals surface area contributed by atoms with Gasteiger partial charge in [0.1, 0.15) is 11.9 Å². The minimum atomic E-state index is -4.73. The van der Waals surface area contributed by atoms with Crippen LogP contribution in [0.2, 0.25) is 0 Å². The van der Waals surface area contributed by atoms with E-state index in [1.165, 1.54) is 24.3 Å². The average molecular weight is 445 g/mol. The van der Waals surface area contributed by atoms with Gasteiger partial charge in [-0.05, 0) is 17.7 Å². The van der Waals surface area contributed by atoms with E-state index in [-0.39, 0.29) is 23.8 Å². The maximum atomic E-state index is 12.3. The number of fused-ring (bicyclic) bond motifs is 2. The number of piperazine rings is 1. The standard InChI is InChI=1S/C20H26F3N3O5/c1-12(27)25-6-8-26(9-7-25)17-18(28)16(15-11-29-19(17)30-15)24-10-13-2-4-14(5-3-13)31-20(21,22)23/h2-5,15-19,24,28H,6-11H2,1H3/t15-,16-,17-,18+,19-/m1/s1. The van der Waals surface area contributed by atoms with E-state index >= 15 is 0 Å². The zero-order chi connectivity index (χ0) is 22.2. The van der Waals surface area contributed by atoms with Crippen LogP contribution in [0.3, 0.4) is 0 Å². The van der Waals surface area contributed by atoms with Gasteiger partial charge in [0.2, 0.25) is 5.91 Å². The molecule has 8 nitrogen and oxygen atoms in total. The minimum absolute atomic E-state index is 0.0310. The molecule has 0 unspecified atom stereocenters. The van der Waals surface area contributed by atoms with E-state index in [0.717, 1.165) is 5.56 Å². The van der Waals surface area contributed by atoms with E-state index in [2.05, 4.69) is 15.0 Å². The van der Waals surface area contributed by atoms with Crippen LogP contribution >= 0.6 is 0 Å². The Bertz CT molecular complexity index is 770. The molecule has 31 heavy (non-hydrogen) atoms. The van der Waals surface area contributed by atoms with Crippen molar-refractivity contribution in [2.45, 2.75) is 50.4 Å². The lowest BCUT2D eigenvalue weighted by Gasteiger charge is -2.46. The van der Waals surface area contributed by atoms with Crippen molar-refractivity contribution >= 4 is 5.91 Å². The number of nitrogens with zero attached hydrogens (tertiary/aromatic N) is 2. The Morgan fingerprint density at radius 2 is 1.90 bits per heavy atom. The number of alkyl halides is 3. The number of aliphatic hydroxyl groups excluding tert-OH is 1. The largest absolute Gasteiger partial charge is 0.573 e. The summed E-state index contributed by atoms with van der Waals surface area (Å²) in [7, 11) is 0. The van der Waals surface area contributed by atoms with Crippen molar-refractivity contribution < 1.29 is 37.3 Å². The number of carbonyl (C=O) groups excluding carboxylic acids is 1. The van der Waals surface area contributed by atoms with Gasteiger partial charge in [0.15, 0.2) is 6.29 Å². The summed E-state index contributed by atoms with van der Waals surface area (Å²) in [5.74, 6) is -0.252. The molecule has 3 aliphatic heterocycles. The van der Waals surface area contributed by atoms with Crippen molar-refractivity contribution in [1.82, 2.24) is 15.1 Å². The van der Waals surface area contributed by atoms with E-state index in [1.54, 1.807) is 11.8 Å². The molecule has 11 heteroatoms. The topological polar surface area (TPSA) is 83.5 Å². The molecule has 3 saturated heterocycles. The molecule has 1 amide bonds. The maximum absolute atomic E-state index is 12.3. The second kappa shape index (κ2) is 8.91. The maximum Gasteiger partial charge on any atom is 0.573 e. The Hall–Kier alpha value is -1.92. The summed E-state index contributed by atoms with van der Waals surface area (Å²) < 4.78 is 52.5. The summed E-state index contributed by atoms with van der Waals surface area (Å²) in [4.78, 5) is 15.4. The van der Waals surface area contributed by atoms with Crippen LogP contribution in [-0.2, 0) is 20.8 Å². The monoisotopic (exact) mass is 445 g/mol. The number of nitrogens with one attached hydrogen (secondary N) is 1. The third-order valence-corrected chi connectivity index (χ3v) is 6.01. The number of benzene rings is 1. The summed E-state index contributed by atoms with van der Waals surface area (Å²) in [6.07, 6.45) is -6.33. The van der Waals surface area contributed by atoms with Gasteiger partial charge in [0.05, 0.1) is 24.8 Å². The van der Waals surface area contributed by atoms with Gasteiger partial charge in [0.25, 0.3) is 0 Å². The molecule has 0 spiro atoms.